The maximum absolute atomic E-state index is 4.34. The number of amidine groups is 1. The van der Waals surface area contributed by atoms with Gasteiger partial charge in [-0.2, -0.15) is 11.8 Å². The third-order valence-corrected chi connectivity index (χ3v) is 3.17. The zero-order valence-electron chi connectivity index (χ0n) is 8.75. The second kappa shape index (κ2) is 6.30. The number of aliphatic imine (C=N–C) groups is 1. The SMILES string of the molecule is CN=C1CCCCN1CCCSC. The van der Waals surface area contributed by atoms with Crippen LogP contribution in [0.15, 0.2) is 4.99 Å². The second-order valence-electron chi connectivity index (χ2n) is 3.43. The van der Waals surface area contributed by atoms with Gasteiger partial charge in [-0.15, -0.1) is 0 Å². The highest BCUT2D eigenvalue weighted by Gasteiger charge is 2.14. The van der Waals surface area contributed by atoms with Crippen molar-refractivity contribution in [2.75, 3.05) is 32.1 Å². The van der Waals surface area contributed by atoms with Crippen molar-refractivity contribution in [3.8, 4) is 0 Å². The summed E-state index contributed by atoms with van der Waals surface area (Å²) in [7, 11) is 1.92. The van der Waals surface area contributed by atoms with Crippen molar-refractivity contribution in [2.45, 2.75) is 25.7 Å². The van der Waals surface area contributed by atoms with Gasteiger partial charge in [0.2, 0.25) is 0 Å². The number of likely N-dealkylation sites (tertiary alicyclic amines) is 1. The summed E-state index contributed by atoms with van der Waals surface area (Å²) in [4.78, 5) is 6.80. The second-order valence-corrected chi connectivity index (χ2v) is 4.42. The van der Waals surface area contributed by atoms with E-state index in [0.29, 0.717) is 0 Å². The van der Waals surface area contributed by atoms with E-state index in [0.717, 1.165) is 0 Å². The molecule has 0 N–H and O–H groups in total. The molecule has 1 rings (SSSR count). The highest BCUT2D eigenvalue weighted by molar-refractivity contribution is 7.98. The molecule has 0 unspecified atom stereocenters. The number of nitrogens with zero attached hydrogens (tertiary/aromatic N) is 2. The van der Waals surface area contributed by atoms with Crippen LogP contribution in [-0.2, 0) is 0 Å². The summed E-state index contributed by atoms with van der Waals surface area (Å²) in [6.07, 6.45) is 7.32. The van der Waals surface area contributed by atoms with Gasteiger partial charge in [-0.1, -0.05) is 0 Å². The number of rotatable bonds is 4. The van der Waals surface area contributed by atoms with Gasteiger partial charge < -0.3 is 4.90 Å². The number of piperidine rings is 1. The maximum atomic E-state index is 4.34. The van der Waals surface area contributed by atoms with Crippen LogP contribution in [0.4, 0.5) is 0 Å². The molecule has 0 aromatic carbocycles. The molecule has 1 saturated heterocycles. The molecule has 0 amide bonds. The summed E-state index contributed by atoms with van der Waals surface area (Å²) in [6, 6.07) is 0. The van der Waals surface area contributed by atoms with Crippen molar-refractivity contribution in [2.24, 2.45) is 4.99 Å². The van der Waals surface area contributed by atoms with Crippen LogP contribution in [0.1, 0.15) is 25.7 Å². The minimum atomic E-state index is 1.19. The molecule has 3 heteroatoms. The average Bonchev–Trinajstić information content (AvgIpc) is 2.19. The Morgan fingerprint density at radius 1 is 1.46 bits per heavy atom. The van der Waals surface area contributed by atoms with Gasteiger partial charge in [0, 0.05) is 26.6 Å². The molecule has 76 valence electrons. The van der Waals surface area contributed by atoms with E-state index in [-0.39, 0.29) is 0 Å². The lowest BCUT2D eigenvalue weighted by molar-refractivity contribution is 0.370. The van der Waals surface area contributed by atoms with E-state index in [1.165, 1.54) is 50.4 Å². The molecule has 1 fully saturated rings. The molecule has 13 heavy (non-hydrogen) atoms. The van der Waals surface area contributed by atoms with Gasteiger partial charge >= 0.3 is 0 Å². The fourth-order valence-electron chi connectivity index (χ4n) is 1.77. The van der Waals surface area contributed by atoms with Gasteiger partial charge in [-0.3, -0.25) is 4.99 Å². The van der Waals surface area contributed by atoms with Crippen molar-refractivity contribution in [3.05, 3.63) is 0 Å². The first-order chi connectivity index (χ1) is 6.38. The Morgan fingerprint density at radius 3 is 3.00 bits per heavy atom. The molecule has 0 saturated carbocycles. The lowest BCUT2D eigenvalue weighted by Crippen LogP contribution is -2.36. The van der Waals surface area contributed by atoms with E-state index in [1.54, 1.807) is 0 Å². The lowest BCUT2D eigenvalue weighted by atomic mass is 10.1. The number of hydrogen-bond acceptors (Lipinski definition) is 2. The summed E-state index contributed by atoms with van der Waals surface area (Å²) in [5.74, 6) is 2.60. The van der Waals surface area contributed by atoms with Crippen LogP contribution in [0.5, 0.6) is 0 Å². The fourth-order valence-corrected chi connectivity index (χ4v) is 2.18. The Kier molecular flexibility index (Phi) is 5.28. The van der Waals surface area contributed by atoms with Gasteiger partial charge in [0.25, 0.3) is 0 Å². The van der Waals surface area contributed by atoms with Crippen molar-refractivity contribution in [3.63, 3.8) is 0 Å². The fraction of sp³-hybridized carbons (Fsp3) is 0.900. The molecular formula is C10H20N2S. The van der Waals surface area contributed by atoms with Crippen LogP contribution in [0.2, 0.25) is 0 Å². The van der Waals surface area contributed by atoms with Crippen LogP contribution >= 0.6 is 11.8 Å². The number of thioether (sulfide) groups is 1. The highest BCUT2D eigenvalue weighted by atomic mass is 32.2. The summed E-state index contributed by atoms with van der Waals surface area (Å²) in [5.41, 5.74) is 0. The molecule has 0 spiro atoms. The van der Waals surface area contributed by atoms with Gasteiger partial charge in [0.15, 0.2) is 0 Å². The average molecular weight is 200 g/mol. The molecule has 0 aromatic heterocycles. The Hall–Kier alpha value is -0.180. The van der Waals surface area contributed by atoms with Gasteiger partial charge in [-0.25, -0.2) is 0 Å². The van der Waals surface area contributed by atoms with Crippen LogP contribution in [0.3, 0.4) is 0 Å². The van der Waals surface area contributed by atoms with E-state index in [1.807, 2.05) is 18.8 Å². The Bertz CT molecular complexity index is 168. The van der Waals surface area contributed by atoms with Crippen LogP contribution < -0.4 is 0 Å². The van der Waals surface area contributed by atoms with E-state index >= 15 is 0 Å². The first-order valence-electron chi connectivity index (χ1n) is 5.08. The van der Waals surface area contributed by atoms with Crippen molar-refractivity contribution >= 4 is 17.6 Å². The van der Waals surface area contributed by atoms with Crippen LogP contribution in [0.25, 0.3) is 0 Å². The molecule has 0 aromatic rings. The van der Waals surface area contributed by atoms with E-state index in [4.69, 9.17) is 0 Å². The standard InChI is InChI=1S/C10H20N2S/c1-11-10-6-3-4-7-12(10)8-5-9-13-2/h3-9H2,1-2H3. The predicted molar refractivity (Wildman–Crippen MR) is 61.8 cm³/mol. The monoisotopic (exact) mass is 200 g/mol. The molecule has 0 radical (unpaired) electrons. The smallest absolute Gasteiger partial charge is 0.0985 e. The summed E-state index contributed by atoms with van der Waals surface area (Å²) < 4.78 is 0. The van der Waals surface area contributed by atoms with E-state index in [9.17, 15) is 0 Å². The third kappa shape index (κ3) is 3.59. The summed E-state index contributed by atoms with van der Waals surface area (Å²) >= 11 is 1.93. The summed E-state index contributed by atoms with van der Waals surface area (Å²) in [5, 5.41) is 0. The quantitative estimate of drug-likeness (QED) is 0.647. The molecule has 2 nitrogen and oxygen atoms in total. The maximum Gasteiger partial charge on any atom is 0.0985 e. The topological polar surface area (TPSA) is 15.6 Å². The molecule has 0 atom stereocenters. The lowest BCUT2D eigenvalue weighted by Gasteiger charge is -2.30. The first-order valence-corrected chi connectivity index (χ1v) is 6.47. The zero-order valence-corrected chi connectivity index (χ0v) is 9.57. The van der Waals surface area contributed by atoms with E-state index < -0.39 is 0 Å². The Labute approximate surface area is 85.8 Å². The molecule has 0 aliphatic carbocycles. The highest BCUT2D eigenvalue weighted by Crippen LogP contribution is 2.12. The third-order valence-electron chi connectivity index (χ3n) is 2.48. The number of hydrogen-bond donors (Lipinski definition) is 0. The summed E-state index contributed by atoms with van der Waals surface area (Å²) in [6.45, 7) is 2.43. The molecule has 1 heterocycles. The first kappa shape index (κ1) is 10.9. The molecule has 0 bridgehead atoms. The molecule has 1 aliphatic rings. The van der Waals surface area contributed by atoms with Crippen molar-refractivity contribution < 1.29 is 0 Å². The largest absolute Gasteiger partial charge is 0.360 e. The Morgan fingerprint density at radius 2 is 2.31 bits per heavy atom. The van der Waals surface area contributed by atoms with Crippen LogP contribution in [-0.4, -0.2) is 42.9 Å². The minimum absolute atomic E-state index is 1.19. The molecule has 1 aliphatic heterocycles. The van der Waals surface area contributed by atoms with Crippen LogP contribution in [0, 0.1) is 0 Å². The van der Waals surface area contributed by atoms with Gasteiger partial charge in [0.05, 0.1) is 5.84 Å². The normalized spacial score (nSPS) is 21.1. The van der Waals surface area contributed by atoms with Gasteiger partial charge in [-0.05, 0) is 31.3 Å². The van der Waals surface area contributed by atoms with Gasteiger partial charge in [0.1, 0.15) is 0 Å². The van der Waals surface area contributed by atoms with Crippen molar-refractivity contribution in [1.82, 2.24) is 4.90 Å². The minimum Gasteiger partial charge on any atom is -0.360 e. The Balaban J connectivity index is 2.28. The molecular weight excluding hydrogens is 180 g/mol. The predicted octanol–water partition coefficient (Wildman–Crippen LogP) is 2.25. The zero-order chi connectivity index (χ0) is 9.52. The van der Waals surface area contributed by atoms with Crippen molar-refractivity contribution in [1.29, 1.82) is 0 Å². The van der Waals surface area contributed by atoms with E-state index in [2.05, 4.69) is 16.1 Å².